The van der Waals surface area contributed by atoms with Gasteiger partial charge in [0.1, 0.15) is 0 Å². The molecule has 2 nitrogen and oxygen atoms in total. The zero-order valence-electron chi connectivity index (χ0n) is 10.5. The number of nitrogens with one attached hydrogen (secondary N) is 1. The summed E-state index contributed by atoms with van der Waals surface area (Å²) in [6.07, 6.45) is 9.56. The Balaban J connectivity index is 2.22. The van der Waals surface area contributed by atoms with Gasteiger partial charge in [0, 0.05) is 12.6 Å². The van der Waals surface area contributed by atoms with Gasteiger partial charge in [-0.05, 0) is 31.2 Å². The van der Waals surface area contributed by atoms with Crippen LogP contribution in [-0.2, 0) is 0 Å². The first kappa shape index (κ1) is 13.0. The van der Waals surface area contributed by atoms with E-state index in [0.717, 1.165) is 25.6 Å². The van der Waals surface area contributed by atoms with E-state index in [-0.39, 0.29) is 0 Å². The van der Waals surface area contributed by atoms with E-state index < -0.39 is 0 Å². The Kier molecular flexibility index (Phi) is 5.62. The second-order valence-electron chi connectivity index (χ2n) is 5.77. The highest BCUT2D eigenvalue weighted by atomic mass is 14.9. The molecule has 15 heavy (non-hydrogen) atoms. The Labute approximate surface area is 95.0 Å². The summed E-state index contributed by atoms with van der Waals surface area (Å²) in [5.41, 5.74) is 5.98. The van der Waals surface area contributed by atoms with E-state index in [1.807, 2.05) is 0 Å². The maximum Gasteiger partial charge on any atom is 0.00672 e. The zero-order chi connectivity index (χ0) is 11.1. The molecule has 1 aliphatic carbocycles. The van der Waals surface area contributed by atoms with Crippen LogP contribution in [0.2, 0.25) is 0 Å². The minimum Gasteiger partial charge on any atom is -0.330 e. The highest BCUT2D eigenvalue weighted by Gasteiger charge is 2.19. The van der Waals surface area contributed by atoms with E-state index in [1.165, 1.54) is 38.5 Å². The van der Waals surface area contributed by atoms with Crippen LogP contribution in [-0.4, -0.2) is 19.1 Å². The van der Waals surface area contributed by atoms with E-state index in [0.29, 0.717) is 5.41 Å². The van der Waals surface area contributed by atoms with Crippen LogP contribution < -0.4 is 11.1 Å². The fourth-order valence-corrected chi connectivity index (χ4v) is 2.38. The van der Waals surface area contributed by atoms with Crippen molar-refractivity contribution in [1.29, 1.82) is 0 Å². The maximum atomic E-state index is 5.62. The number of nitrogens with two attached hydrogens (primary N) is 1. The lowest BCUT2D eigenvalue weighted by Gasteiger charge is -2.27. The number of hydrogen-bond acceptors (Lipinski definition) is 2. The van der Waals surface area contributed by atoms with Crippen LogP contribution in [0.4, 0.5) is 0 Å². The van der Waals surface area contributed by atoms with Gasteiger partial charge >= 0.3 is 0 Å². The second kappa shape index (κ2) is 6.49. The third-order valence-corrected chi connectivity index (χ3v) is 3.55. The number of hydrogen-bond donors (Lipinski definition) is 2. The van der Waals surface area contributed by atoms with Crippen LogP contribution in [0.3, 0.4) is 0 Å². The Hall–Kier alpha value is -0.0800. The van der Waals surface area contributed by atoms with Crippen LogP contribution in [0.15, 0.2) is 0 Å². The smallest absolute Gasteiger partial charge is 0.00672 e. The summed E-state index contributed by atoms with van der Waals surface area (Å²) in [5, 5.41) is 3.73. The average molecular weight is 212 g/mol. The van der Waals surface area contributed by atoms with Gasteiger partial charge in [0.15, 0.2) is 0 Å². The molecule has 0 bridgehead atoms. The van der Waals surface area contributed by atoms with Crippen LogP contribution in [0.25, 0.3) is 0 Å². The molecule has 0 aromatic rings. The highest BCUT2D eigenvalue weighted by Crippen LogP contribution is 2.21. The first-order chi connectivity index (χ1) is 7.14. The quantitative estimate of drug-likeness (QED) is 0.688. The number of rotatable bonds is 5. The predicted octanol–water partition coefficient (Wildman–Crippen LogP) is 2.67. The molecule has 1 fully saturated rings. The first-order valence-electron chi connectivity index (χ1n) is 6.57. The first-order valence-corrected chi connectivity index (χ1v) is 6.57. The van der Waals surface area contributed by atoms with Crippen LogP contribution in [0, 0.1) is 5.41 Å². The highest BCUT2D eigenvalue weighted by molar-refractivity contribution is 4.77. The van der Waals surface area contributed by atoms with Gasteiger partial charge in [-0.25, -0.2) is 0 Å². The molecule has 0 aromatic heterocycles. The van der Waals surface area contributed by atoms with Crippen molar-refractivity contribution < 1.29 is 0 Å². The second-order valence-corrected chi connectivity index (χ2v) is 5.77. The van der Waals surface area contributed by atoms with Crippen molar-refractivity contribution in [3.8, 4) is 0 Å². The summed E-state index contributed by atoms with van der Waals surface area (Å²) >= 11 is 0. The van der Waals surface area contributed by atoms with Crippen LogP contribution in [0.5, 0.6) is 0 Å². The molecule has 0 spiro atoms. The molecule has 2 heteroatoms. The minimum absolute atomic E-state index is 0.362. The summed E-state index contributed by atoms with van der Waals surface area (Å²) < 4.78 is 0. The van der Waals surface area contributed by atoms with Gasteiger partial charge in [-0.3, -0.25) is 0 Å². The van der Waals surface area contributed by atoms with Crippen LogP contribution >= 0.6 is 0 Å². The van der Waals surface area contributed by atoms with Crippen molar-refractivity contribution in [2.24, 2.45) is 11.1 Å². The van der Waals surface area contributed by atoms with Crippen molar-refractivity contribution in [2.75, 3.05) is 13.1 Å². The van der Waals surface area contributed by atoms with Gasteiger partial charge in [0.2, 0.25) is 0 Å². The van der Waals surface area contributed by atoms with E-state index in [2.05, 4.69) is 19.2 Å². The fraction of sp³-hybridized carbons (Fsp3) is 1.00. The average Bonchev–Trinajstić information content (AvgIpc) is 2.43. The normalized spacial score (nSPS) is 20.2. The van der Waals surface area contributed by atoms with Gasteiger partial charge in [-0.15, -0.1) is 0 Å². The molecular weight excluding hydrogens is 184 g/mol. The van der Waals surface area contributed by atoms with Gasteiger partial charge < -0.3 is 11.1 Å². The standard InChI is InChI=1S/C13H28N2/c1-13(2,9-10-14)11-15-12-7-5-3-4-6-8-12/h12,15H,3-11,14H2,1-2H3. The SMILES string of the molecule is CC(C)(CCN)CNC1CCCCCC1. The predicted molar refractivity (Wildman–Crippen MR) is 66.9 cm³/mol. The molecule has 3 N–H and O–H groups in total. The molecular formula is C13H28N2. The molecule has 0 heterocycles. The molecule has 1 saturated carbocycles. The van der Waals surface area contributed by atoms with Gasteiger partial charge in [0.25, 0.3) is 0 Å². The molecule has 0 unspecified atom stereocenters. The zero-order valence-corrected chi connectivity index (χ0v) is 10.5. The Morgan fingerprint density at radius 2 is 1.73 bits per heavy atom. The molecule has 1 rings (SSSR count). The molecule has 0 aromatic carbocycles. The van der Waals surface area contributed by atoms with Crippen molar-refractivity contribution in [2.45, 2.75) is 64.8 Å². The van der Waals surface area contributed by atoms with Crippen molar-refractivity contribution in [1.82, 2.24) is 5.32 Å². The van der Waals surface area contributed by atoms with Crippen molar-refractivity contribution in [3.63, 3.8) is 0 Å². The fourth-order valence-electron chi connectivity index (χ4n) is 2.38. The van der Waals surface area contributed by atoms with E-state index in [1.54, 1.807) is 0 Å². The molecule has 1 aliphatic rings. The van der Waals surface area contributed by atoms with Gasteiger partial charge in [-0.1, -0.05) is 39.5 Å². The summed E-state index contributed by atoms with van der Waals surface area (Å²) in [7, 11) is 0. The molecule has 0 radical (unpaired) electrons. The molecule has 0 aliphatic heterocycles. The van der Waals surface area contributed by atoms with Crippen molar-refractivity contribution >= 4 is 0 Å². The topological polar surface area (TPSA) is 38.0 Å². The van der Waals surface area contributed by atoms with E-state index >= 15 is 0 Å². The van der Waals surface area contributed by atoms with Crippen molar-refractivity contribution in [3.05, 3.63) is 0 Å². The summed E-state index contributed by atoms with van der Waals surface area (Å²) in [6, 6.07) is 0.768. The minimum atomic E-state index is 0.362. The molecule has 0 amide bonds. The molecule has 90 valence electrons. The third-order valence-electron chi connectivity index (χ3n) is 3.55. The molecule has 0 atom stereocenters. The Morgan fingerprint density at radius 3 is 2.27 bits per heavy atom. The lowest BCUT2D eigenvalue weighted by molar-refractivity contribution is 0.292. The Bertz CT molecular complexity index is 158. The molecule has 0 saturated heterocycles. The van der Waals surface area contributed by atoms with Crippen LogP contribution in [0.1, 0.15) is 58.8 Å². The lowest BCUT2D eigenvalue weighted by Crippen LogP contribution is -2.37. The third kappa shape index (κ3) is 5.53. The summed E-state index contributed by atoms with van der Waals surface area (Å²) in [6.45, 7) is 6.54. The Morgan fingerprint density at radius 1 is 1.13 bits per heavy atom. The summed E-state index contributed by atoms with van der Waals surface area (Å²) in [5.74, 6) is 0. The van der Waals surface area contributed by atoms with Gasteiger partial charge in [-0.2, -0.15) is 0 Å². The largest absolute Gasteiger partial charge is 0.330 e. The van der Waals surface area contributed by atoms with Gasteiger partial charge in [0.05, 0.1) is 0 Å². The van der Waals surface area contributed by atoms with E-state index in [9.17, 15) is 0 Å². The summed E-state index contributed by atoms with van der Waals surface area (Å²) in [4.78, 5) is 0. The monoisotopic (exact) mass is 212 g/mol. The maximum absolute atomic E-state index is 5.62. The van der Waals surface area contributed by atoms with E-state index in [4.69, 9.17) is 5.73 Å². The lowest BCUT2D eigenvalue weighted by atomic mass is 9.89.